The average molecular weight is 356 g/mol. The summed E-state index contributed by atoms with van der Waals surface area (Å²) in [6.45, 7) is 0. The van der Waals surface area contributed by atoms with E-state index in [2.05, 4.69) is 84.9 Å². The van der Waals surface area contributed by atoms with Gasteiger partial charge in [0.05, 0.1) is 11.4 Å². The third kappa shape index (κ3) is 2.09. The number of nitrogens with zero attached hydrogens (tertiary/aromatic N) is 2. The van der Waals surface area contributed by atoms with Crippen molar-refractivity contribution >= 4 is 10.8 Å². The molecule has 0 unspecified atom stereocenters. The van der Waals surface area contributed by atoms with Crippen molar-refractivity contribution in [3.05, 3.63) is 97.3 Å². The summed E-state index contributed by atoms with van der Waals surface area (Å²) >= 11 is 0. The second-order valence-corrected chi connectivity index (χ2v) is 7.06. The maximum Gasteiger partial charge on any atom is 0.0978 e. The van der Waals surface area contributed by atoms with E-state index in [-0.39, 0.29) is 0 Å². The van der Waals surface area contributed by atoms with E-state index in [9.17, 15) is 0 Å². The zero-order chi connectivity index (χ0) is 18.5. The smallest absolute Gasteiger partial charge is 0.0978 e. The van der Waals surface area contributed by atoms with Crippen molar-refractivity contribution in [1.29, 1.82) is 0 Å². The molecule has 0 aliphatic heterocycles. The molecule has 28 heavy (non-hydrogen) atoms. The Labute approximate surface area is 163 Å². The molecular formula is C26H16N2. The maximum atomic E-state index is 4.76. The molecule has 130 valence electrons. The molecular weight excluding hydrogens is 340 g/mol. The number of fused-ring (bicyclic) bond motifs is 3. The van der Waals surface area contributed by atoms with Crippen LogP contribution in [0.5, 0.6) is 0 Å². The molecule has 0 saturated heterocycles. The minimum Gasteiger partial charge on any atom is -0.252 e. The van der Waals surface area contributed by atoms with E-state index in [0.29, 0.717) is 0 Å². The Balaban J connectivity index is 1.78. The quantitative estimate of drug-likeness (QED) is 0.349. The zero-order valence-corrected chi connectivity index (χ0v) is 15.1. The molecule has 1 aromatic heterocycles. The van der Waals surface area contributed by atoms with Crippen LogP contribution in [0.4, 0.5) is 0 Å². The SMILES string of the molecule is c1ccc(-c2ccc3ccc(-c4ccccc4)c4c3c2-c2nccnc2-4)cc1. The monoisotopic (exact) mass is 356 g/mol. The highest BCUT2D eigenvalue weighted by molar-refractivity contribution is 6.20. The molecule has 0 amide bonds. The van der Waals surface area contributed by atoms with Crippen molar-refractivity contribution in [2.24, 2.45) is 0 Å². The topological polar surface area (TPSA) is 25.8 Å². The lowest BCUT2D eigenvalue weighted by atomic mass is 9.91. The first kappa shape index (κ1) is 15.3. The summed E-state index contributed by atoms with van der Waals surface area (Å²) in [5, 5.41) is 2.48. The lowest BCUT2D eigenvalue weighted by Crippen LogP contribution is -1.88. The molecule has 0 N–H and O–H groups in total. The Morgan fingerprint density at radius 3 is 1.39 bits per heavy atom. The largest absolute Gasteiger partial charge is 0.252 e. The van der Waals surface area contributed by atoms with Gasteiger partial charge in [-0.25, -0.2) is 0 Å². The minimum absolute atomic E-state index is 0.977. The Hall–Kier alpha value is -3.78. The van der Waals surface area contributed by atoms with E-state index < -0.39 is 0 Å². The van der Waals surface area contributed by atoms with Gasteiger partial charge in [-0.3, -0.25) is 9.97 Å². The lowest BCUT2D eigenvalue weighted by Gasteiger charge is -2.12. The summed E-state index contributed by atoms with van der Waals surface area (Å²) < 4.78 is 0. The van der Waals surface area contributed by atoms with Gasteiger partial charge in [0.2, 0.25) is 0 Å². The lowest BCUT2D eigenvalue weighted by molar-refractivity contribution is 1.23. The first-order valence-electron chi connectivity index (χ1n) is 9.44. The Bertz CT molecular complexity index is 1240. The van der Waals surface area contributed by atoms with Crippen LogP contribution in [0.2, 0.25) is 0 Å². The van der Waals surface area contributed by atoms with Crippen molar-refractivity contribution < 1.29 is 0 Å². The van der Waals surface area contributed by atoms with Crippen LogP contribution >= 0.6 is 0 Å². The molecule has 0 bridgehead atoms. The highest BCUT2D eigenvalue weighted by atomic mass is 14.8. The molecule has 6 rings (SSSR count). The van der Waals surface area contributed by atoms with Gasteiger partial charge in [0, 0.05) is 28.9 Å². The molecule has 1 aliphatic rings. The van der Waals surface area contributed by atoms with Gasteiger partial charge in [-0.2, -0.15) is 0 Å². The predicted molar refractivity (Wildman–Crippen MR) is 115 cm³/mol. The van der Waals surface area contributed by atoms with E-state index in [1.165, 1.54) is 44.2 Å². The van der Waals surface area contributed by atoms with Crippen LogP contribution in [0.3, 0.4) is 0 Å². The van der Waals surface area contributed by atoms with Crippen molar-refractivity contribution in [3.63, 3.8) is 0 Å². The van der Waals surface area contributed by atoms with E-state index >= 15 is 0 Å². The number of aromatic nitrogens is 2. The average Bonchev–Trinajstić information content (AvgIpc) is 3.12. The van der Waals surface area contributed by atoms with Crippen molar-refractivity contribution in [3.8, 4) is 44.8 Å². The molecule has 0 saturated carbocycles. The molecule has 1 aliphatic carbocycles. The molecule has 1 heterocycles. The summed E-state index contributed by atoms with van der Waals surface area (Å²) in [5.74, 6) is 0. The van der Waals surface area contributed by atoms with Gasteiger partial charge in [-0.15, -0.1) is 0 Å². The van der Waals surface area contributed by atoms with Gasteiger partial charge in [0.1, 0.15) is 0 Å². The second kappa shape index (κ2) is 5.86. The van der Waals surface area contributed by atoms with Gasteiger partial charge >= 0.3 is 0 Å². The first-order valence-corrected chi connectivity index (χ1v) is 9.44. The van der Waals surface area contributed by atoms with E-state index in [1.807, 2.05) is 0 Å². The summed E-state index contributed by atoms with van der Waals surface area (Å²) in [6, 6.07) is 29.9. The number of hydrogen-bond acceptors (Lipinski definition) is 2. The van der Waals surface area contributed by atoms with Crippen molar-refractivity contribution in [2.45, 2.75) is 0 Å². The summed E-state index contributed by atoms with van der Waals surface area (Å²) in [5.41, 5.74) is 9.16. The van der Waals surface area contributed by atoms with Gasteiger partial charge in [0.25, 0.3) is 0 Å². The summed E-state index contributed by atoms with van der Waals surface area (Å²) in [7, 11) is 0. The number of hydrogen-bond donors (Lipinski definition) is 0. The van der Waals surface area contributed by atoms with Gasteiger partial charge in [-0.05, 0) is 27.6 Å². The minimum atomic E-state index is 0.977. The fourth-order valence-corrected chi connectivity index (χ4v) is 4.33. The van der Waals surface area contributed by atoms with Gasteiger partial charge in [-0.1, -0.05) is 84.9 Å². The van der Waals surface area contributed by atoms with Crippen LogP contribution < -0.4 is 0 Å². The zero-order valence-electron chi connectivity index (χ0n) is 15.1. The molecule has 2 heteroatoms. The van der Waals surface area contributed by atoms with Crippen LogP contribution in [0, 0.1) is 0 Å². The third-order valence-corrected chi connectivity index (χ3v) is 5.53. The highest BCUT2D eigenvalue weighted by Crippen LogP contribution is 2.52. The molecule has 0 radical (unpaired) electrons. The molecule has 0 atom stereocenters. The molecule has 0 spiro atoms. The molecule has 2 nitrogen and oxygen atoms in total. The molecule has 4 aromatic carbocycles. The number of rotatable bonds is 2. The fraction of sp³-hybridized carbons (Fsp3) is 0. The van der Waals surface area contributed by atoms with E-state index in [0.717, 1.165) is 11.4 Å². The Morgan fingerprint density at radius 1 is 0.464 bits per heavy atom. The summed E-state index contributed by atoms with van der Waals surface area (Å²) in [6.07, 6.45) is 3.58. The van der Waals surface area contributed by atoms with Crippen molar-refractivity contribution in [2.75, 3.05) is 0 Å². The number of benzene rings is 4. The predicted octanol–water partition coefficient (Wildman–Crippen LogP) is 6.61. The van der Waals surface area contributed by atoms with Gasteiger partial charge in [0.15, 0.2) is 0 Å². The maximum absolute atomic E-state index is 4.76. The van der Waals surface area contributed by atoms with E-state index in [4.69, 9.17) is 9.97 Å². The molecule has 5 aromatic rings. The van der Waals surface area contributed by atoms with Crippen molar-refractivity contribution in [1.82, 2.24) is 9.97 Å². The van der Waals surface area contributed by atoms with Crippen LogP contribution in [0.1, 0.15) is 0 Å². The highest BCUT2D eigenvalue weighted by Gasteiger charge is 2.29. The summed E-state index contributed by atoms with van der Waals surface area (Å²) in [4.78, 5) is 9.52. The third-order valence-electron chi connectivity index (χ3n) is 5.53. The van der Waals surface area contributed by atoms with Crippen LogP contribution in [-0.4, -0.2) is 9.97 Å². The second-order valence-electron chi connectivity index (χ2n) is 7.06. The van der Waals surface area contributed by atoms with Crippen LogP contribution in [0.15, 0.2) is 97.3 Å². The Morgan fingerprint density at radius 2 is 0.929 bits per heavy atom. The fourth-order valence-electron chi connectivity index (χ4n) is 4.33. The normalized spacial score (nSPS) is 11.6. The molecule has 0 fully saturated rings. The van der Waals surface area contributed by atoms with E-state index in [1.54, 1.807) is 12.4 Å². The standard InChI is InChI=1S/C26H16N2/c1-3-7-17(8-4-1)20-13-11-19-12-14-21(18-9-5-2-6-10-18)24-22(19)23(20)25-26(24)28-16-15-27-25/h1-16H. The van der Waals surface area contributed by atoms with Crippen LogP contribution in [-0.2, 0) is 0 Å². The van der Waals surface area contributed by atoms with Crippen LogP contribution in [0.25, 0.3) is 55.5 Å². The Kier molecular flexibility index (Phi) is 3.20. The first-order chi connectivity index (χ1) is 13.9. The van der Waals surface area contributed by atoms with Gasteiger partial charge < -0.3 is 0 Å².